The Balaban J connectivity index is 2.24. The van der Waals surface area contributed by atoms with Gasteiger partial charge in [0.05, 0.1) is 5.54 Å². The number of nitrogens with zero attached hydrogens (tertiary/aromatic N) is 3. The van der Waals surface area contributed by atoms with Crippen LogP contribution in [0.25, 0.3) is 0 Å². The van der Waals surface area contributed by atoms with Crippen molar-refractivity contribution in [3.63, 3.8) is 0 Å². The molecule has 5 atom stereocenters. The monoisotopic (exact) mass is 498 g/mol. The molecule has 192 valence electrons. The van der Waals surface area contributed by atoms with Crippen molar-refractivity contribution in [2.45, 2.75) is 84.0 Å². The number of hydrogen-bond acceptors (Lipinski definition) is 7. The minimum atomic E-state index is -1.17. The number of carboxylic acid groups (broad SMARTS) is 1. The van der Waals surface area contributed by atoms with Crippen LogP contribution >= 0.6 is 11.3 Å². The Morgan fingerprint density at radius 1 is 1.38 bits per heavy atom. The molecule has 10 heteroatoms. The lowest BCUT2D eigenvalue weighted by atomic mass is 9.91. The van der Waals surface area contributed by atoms with Crippen LogP contribution in [0.15, 0.2) is 5.38 Å². The van der Waals surface area contributed by atoms with Crippen LogP contribution < -0.4 is 5.32 Å². The van der Waals surface area contributed by atoms with E-state index in [-0.39, 0.29) is 54.7 Å². The van der Waals surface area contributed by atoms with Crippen molar-refractivity contribution in [1.82, 2.24) is 20.1 Å². The van der Waals surface area contributed by atoms with Crippen LogP contribution in [0, 0.1) is 11.8 Å². The molecule has 0 aromatic carbocycles. The molecule has 0 aliphatic carbocycles. The summed E-state index contributed by atoms with van der Waals surface area (Å²) in [5, 5.41) is 24.5. The Bertz CT molecular complexity index is 917. The second kappa shape index (κ2) is 11.6. The number of aliphatic hydroxyl groups excluding tert-OH is 1. The molecule has 0 bridgehead atoms. The maximum absolute atomic E-state index is 13.7. The lowest BCUT2D eigenvalue weighted by Crippen LogP contribution is -2.60. The largest absolute Gasteiger partial charge is 0.476 e. The number of rotatable bonds is 11. The Morgan fingerprint density at radius 2 is 2.09 bits per heavy atom. The number of carbonyl (C=O) groups excluding carboxylic acids is 2. The quantitative estimate of drug-likeness (QED) is 0.429. The molecule has 34 heavy (non-hydrogen) atoms. The Labute approximate surface area is 209 Å². The van der Waals surface area contributed by atoms with Crippen molar-refractivity contribution >= 4 is 29.1 Å². The lowest BCUT2D eigenvalue weighted by Gasteiger charge is -2.38. The van der Waals surface area contributed by atoms with Crippen LogP contribution in [-0.2, 0) is 9.59 Å². The first-order chi connectivity index (χ1) is 16.9. The highest BCUT2D eigenvalue weighted by Crippen LogP contribution is 2.30. The molecule has 1 saturated heterocycles. The number of aromatic nitrogens is 1. The van der Waals surface area contributed by atoms with Gasteiger partial charge in [-0.05, 0) is 45.1 Å². The summed E-state index contributed by atoms with van der Waals surface area (Å²) < 4.78 is 15.9. The molecule has 0 spiro atoms. The van der Waals surface area contributed by atoms with Gasteiger partial charge in [-0.2, -0.15) is 0 Å². The summed E-state index contributed by atoms with van der Waals surface area (Å²) in [7, 11) is 1.57. The third-order valence-electron chi connectivity index (χ3n) is 6.92. The van der Waals surface area contributed by atoms with Gasteiger partial charge in [0.2, 0.25) is 11.8 Å². The fourth-order valence-corrected chi connectivity index (χ4v) is 5.07. The summed E-state index contributed by atoms with van der Waals surface area (Å²) in [6.07, 6.45) is 0.966. The minimum Gasteiger partial charge on any atom is -0.476 e. The van der Waals surface area contributed by atoms with E-state index in [1.165, 1.54) is 5.38 Å². The molecule has 1 aromatic rings. The summed E-state index contributed by atoms with van der Waals surface area (Å²) >= 11 is 1.06. The molecule has 9 nitrogen and oxygen atoms in total. The average molecular weight is 499 g/mol. The van der Waals surface area contributed by atoms with E-state index in [2.05, 4.69) is 10.3 Å². The topological polar surface area (TPSA) is 123 Å². The standard InChI is InChI=1S/C24H40N4O5S/c1-8-15(4)19(26-23(33)24(5)10-9-11-27(24)6)21(30)28(7)17(14(2)3)12-18(29)20-25-16(13-34-20)22(31)32/h13-15,17-19,29H,8-12H2,1-7H3,(H,26,33)(H,31,32)/t15-,17+,18-,19-,24-/m0/s1/i5D,6D. The Morgan fingerprint density at radius 3 is 2.62 bits per heavy atom. The van der Waals surface area contributed by atoms with E-state index in [1.54, 1.807) is 16.8 Å². The number of aliphatic hydroxyl groups is 1. The molecule has 0 unspecified atom stereocenters. The van der Waals surface area contributed by atoms with Gasteiger partial charge in [-0.3, -0.25) is 14.5 Å². The molecule has 1 fully saturated rings. The molecule has 1 aliphatic rings. The number of carbonyl (C=O) groups is 3. The van der Waals surface area contributed by atoms with Gasteiger partial charge >= 0.3 is 5.97 Å². The molecule has 0 saturated carbocycles. The molecule has 2 amide bonds. The van der Waals surface area contributed by atoms with Gasteiger partial charge in [0, 0.05) is 27.6 Å². The van der Waals surface area contributed by atoms with Gasteiger partial charge in [-0.15, -0.1) is 11.3 Å². The SMILES string of the molecule is [2H]CN1CCC[C@@]1(C[2H])C(=O)N[C@H](C(=O)N(C)[C@H](C[C@H](O)c1nc(C(=O)O)cs1)C(C)C)[C@@H](C)CC. The fraction of sp³-hybridized carbons (Fsp3) is 0.750. The highest BCUT2D eigenvalue weighted by molar-refractivity contribution is 7.09. The number of likely N-dealkylation sites (N-methyl/N-ethyl adjacent to an activating group) is 2. The molecule has 3 N–H and O–H groups in total. The van der Waals surface area contributed by atoms with Crippen molar-refractivity contribution in [3.8, 4) is 0 Å². The van der Waals surface area contributed by atoms with E-state index < -0.39 is 29.7 Å². The zero-order valence-corrected chi connectivity index (χ0v) is 21.6. The van der Waals surface area contributed by atoms with Crippen LogP contribution in [0.4, 0.5) is 0 Å². The molecule has 2 heterocycles. The molecule has 1 aromatic heterocycles. The van der Waals surface area contributed by atoms with E-state index in [1.807, 2.05) is 27.7 Å². The molecular formula is C24H40N4O5S. The van der Waals surface area contributed by atoms with E-state index >= 15 is 0 Å². The first-order valence-corrected chi connectivity index (χ1v) is 12.6. The Kier molecular flexibility index (Phi) is 8.55. The predicted molar refractivity (Wildman–Crippen MR) is 132 cm³/mol. The smallest absolute Gasteiger partial charge is 0.355 e. The van der Waals surface area contributed by atoms with Gasteiger partial charge in [0.15, 0.2) is 5.69 Å². The third-order valence-corrected chi connectivity index (χ3v) is 7.86. The fourth-order valence-electron chi connectivity index (χ4n) is 4.28. The number of amides is 2. The normalized spacial score (nSPS) is 23.0. The summed E-state index contributed by atoms with van der Waals surface area (Å²) in [5.41, 5.74) is -1.23. The van der Waals surface area contributed by atoms with Crippen molar-refractivity contribution in [2.75, 3.05) is 20.6 Å². The number of likely N-dealkylation sites (tertiary alicyclic amines) is 1. The summed E-state index contributed by atoms with van der Waals surface area (Å²) in [6.45, 7) is 8.09. The molecule has 1 aliphatic heterocycles. The van der Waals surface area contributed by atoms with Gasteiger partial charge < -0.3 is 20.4 Å². The average Bonchev–Trinajstić information content (AvgIpc) is 3.52. The molecule has 0 radical (unpaired) electrons. The number of nitrogens with one attached hydrogen (secondary N) is 1. The van der Waals surface area contributed by atoms with Crippen LogP contribution in [0.5, 0.6) is 0 Å². The molecule has 2 rings (SSSR count). The van der Waals surface area contributed by atoms with E-state index in [9.17, 15) is 19.5 Å². The number of carboxylic acids is 1. The minimum absolute atomic E-state index is 0.0333. The summed E-state index contributed by atoms with van der Waals surface area (Å²) in [5.74, 6) is -2.05. The van der Waals surface area contributed by atoms with Crippen molar-refractivity contribution in [1.29, 1.82) is 0 Å². The predicted octanol–water partition coefficient (Wildman–Crippen LogP) is 2.76. The maximum Gasteiger partial charge on any atom is 0.355 e. The number of aromatic carboxylic acids is 1. The highest BCUT2D eigenvalue weighted by Gasteiger charge is 2.43. The van der Waals surface area contributed by atoms with Crippen LogP contribution in [0.1, 0.15) is 84.6 Å². The van der Waals surface area contributed by atoms with Crippen molar-refractivity contribution in [3.05, 3.63) is 16.1 Å². The van der Waals surface area contributed by atoms with Gasteiger partial charge in [0.1, 0.15) is 17.2 Å². The highest BCUT2D eigenvalue weighted by atomic mass is 32.1. The Hall–Kier alpha value is -2.04. The van der Waals surface area contributed by atoms with Gasteiger partial charge in [-0.1, -0.05) is 34.1 Å². The van der Waals surface area contributed by atoms with Crippen molar-refractivity contribution < 1.29 is 27.3 Å². The van der Waals surface area contributed by atoms with Crippen LogP contribution in [0.3, 0.4) is 0 Å². The number of thiazole rings is 1. The van der Waals surface area contributed by atoms with Crippen LogP contribution in [-0.4, -0.2) is 81.0 Å². The van der Waals surface area contributed by atoms with Gasteiger partial charge in [-0.25, -0.2) is 9.78 Å². The van der Waals surface area contributed by atoms with Gasteiger partial charge in [0.25, 0.3) is 0 Å². The second-order valence-electron chi connectivity index (χ2n) is 9.62. The van der Waals surface area contributed by atoms with Crippen LogP contribution in [0.2, 0.25) is 0 Å². The maximum atomic E-state index is 13.7. The van der Waals surface area contributed by atoms with E-state index in [4.69, 9.17) is 7.85 Å². The second-order valence-corrected chi connectivity index (χ2v) is 10.5. The summed E-state index contributed by atoms with van der Waals surface area (Å²) in [4.78, 5) is 45.6. The number of hydrogen-bond donors (Lipinski definition) is 3. The molecular weight excluding hydrogens is 456 g/mol. The third kappa shape index (κ3) is 6.14. The lowest BCUT2D eigenvalue weighted by molar-refractivity contribution is -0.142. The zero-order valence-electron chi connectivity index (χ0n) is 22.8. The first-order valence-electron chi connectivity index (χ1n) is 13.1. The van der Waals surface area contributed by atoms with E-state index in [0.29, 0.717) is 19.4 Å². The summed E-state index contributed by atoms with van der Waals surface area (Å²) in [6, 6.07) is -1.21. The zero-order chi connectivity index (χ0) is 27.2. The van der Waals surface area contributed by atoms with E-state index in [0.717, 1.165) is 17.8 Å². The van der Waals surface area contributed by atoms with Crippen molar-refractivity contribution in [2.24, 2.45) is 11.8 Å². The first kappa shape index (κ1) is 25.1.